The summed E-state index contributed by atoms with van der Waals surface area (Å²) in [4.78, 5) is 8.99. The highest BCUT2D eigenvalue weighted by atomic mass is 16.5. The number of unbranched alkanes of at least 4 members (excludes halogenated alkanes) is 2. The van der Waals surface area contributed by atoms with Crippen LogP contribution in [0.1, 0.15) is 48.8 Å². The second-order valence-corrected chi connectivity index (χ2v) is 7.03. The van der Waals surface area contributed by atoms with Crippen molar-refractivity contribution < 1.29 is 4.74 Å². The van der Waals surface area contributed by atoms with Crippen molar-refractivity contribution in [2.45, 2.75) is 47.0 Å². The Morgan fingerprint density at radius 2 is 1.83 bits per heavy atom. The van der Waals surface area contributed by atoms with Gasteiger partial charge in [-0.15, -0.1) is 0 Å². The number of aryl methyl sites for hydroxylation is 3. The van der Waals surface area contributed by atoms with Crippen LogP contribution in [0.5, 0.6) is 5.75 Å². The molecule has 0 amide bonds. The topological polar surface area (TPSA) is 77.2 Å². The van der Waals surface area contributed by atoms with Gasteiger partial charge in [-0.25, -0.2) is 9.67 Å². The maximum atomic E-state index is 5.73. The van der Waals surface area contributed by atoms with E-state index in [1.54, 1.807) is 10.9 Å². The summed E-state index contributed by atoms with van der Waals surface area (Å²) >= 11 is 0. The first-order chi connectivity index (χ1) is 14.0. The van der Waals surface area contributed by atoms with Crippen molar-refractivity contribution in [1.82, 2.24) is 19.7 Å². The summed E-state index contributed by atoms with van der Waals surface area (Å²) in [6, 6.07) is 11.7. The monoisotopic (exact) mass is 392 g/mol. The molecule has 0 unspecified atom stereocenters. The quantitative estimate of drug-likeness (QED) is 0.327. The van der Waals surface area contributed by atoms with Crippen molar-refractivity contribution in [3.63, 3.8) is 0 Å². The van der Waals surface area contributed by atoms with Gasteiger partial charge in [0.2, 0.25) is 0 Å². The average Bonchev–Trinajstić information content (AvgIpc) is 3.04. The van der Waals surface area contributed by atoms with Crippen LogP contribution in [-0.2, 0) is 0 Å². The molecule has 0 saturated carbocycles. The predicted molar refractivity (Wildman–Crippen MR) is 116 cm³/mol. The van der Waals surface area contributed by atoms with Crippen LogP contribution in [0.15, 0.2) is 41.5 Å². The summed E-state index contributed by atoms with van der Waals surface area (Å²) in [5.41, 5.74) is 6.71. The Bertz CT molecular complexity index is 962. The maximum absolute atomic E-state index is 5.73. The van der Waals surface area contributed by atoms with E-state index in [9.17, 15) is 0 Å². The van der Waals surface area contributed by atoms with Crippen LogP contribution in [-0.4, -0.2) is 32.6 Å². The molecule has 3 rings (SSSR count). The van der Waals surface area contributed by atoms with Crippen molar-refractivity contribution in [3.8, 4) is 11.7 Å². The van der Waals surface area contributed by atoms with E-state index in [2.05, 4.69) is 32.5 Å². The normalized spacial score (nSPS) is 11.2. The minimum atomic E-state index is 0.526. The fraction of sp³-hybridized carbons (Fsp3) is 0.364. The van der Waals surface area contributed by atoms with Crippen molar-refractivity contribution in [2.75, 3.05) is 12.0 Å². The summed E-state index contributed by atoms with van der Waals surface area (Å²) in [7, 11) is 0. The molecule has 7 heteroatoms. The van der Waals surface area contributed by atoms with E-state index >= 15 is 0 Å². The molecular formula is C22H28N6O. The van der Waals surface area contributed by atoms with Gasteiger partial charge in [0.1, 0.15) is 5.75 Å². The molecule has 0 aliphatic heterocycles. The van der Waals surface area contributed by atoms with E-state index in [-0.39, 0.29) is 0 Å². The Morgan fingerprint density at radius 1 is 1.03 bits per heavy atom. The molecule has 7 nitrogen and oxygen atoms in total. The van der Waals surface area contributed by atoms with E-state index in [0.29, 0.717) is 11.8 Å². The Labute approximate surface area is 171 Å². The molecule has 0 aliphatic carbocycles. The van der Waals surface area contributed by atoms with E-state index in [4.69, 9.17) is 4.74 Å². The van der Waals surface area contributed by atoms with Gasteiger partial charge in [0.05, 0.1) is 18.5 Å². The highest BCUT2D eigenvalue weighted by molar-refractivity contribution is 5.80. The number of nitrogens with zero attached hydrogens (tertiary/aromatic N) is 5. The summed E-state index contributed by atoms with van der Waals surface area (Å²) in [6.07, 6.45) is 5.23. The molecule has 0 fully saturated rings. The molecule has 0 radical (unpaired) electrons. The number of rotatable bonds is 9. The van der Waals surface area contributed by atoms with Crippen molar-refractivity contribution in [1.29, 1.82) is 0 Å². The minimum Gasteiger partial charge on any atom is -0.494 e. The van der Waals surface area contributed by atoms with E-state index < -0.39 is 0 Å². The van der Waals surface area contributed by atoms with Gasteiger partial charge in [-0.05, 0) is 63.1 Å². The third kappa shape index (κ3) is 5.88. The molecule has 1 aromatic carbocycles. The van der Waals surface area contributed by atoms with Crippen molar-refractivity contribution in [2.24, 2.45) is 5.10 Å². The SMILES string of the molecule is CCCCCOc1ccc(C=NNc2cc(C)nc(-n3nc(C)cc3C)n2)cc1. The fourth-order valence-electron chi connectivity index (χ4n) is 2.90. The molecule has 1 N–H and O–H groups in total. The van der Waals surface area contributed by atoms with Gasteiger partial charge in [0.15, 0.2) is 5.82 Å². The lowest BCUT2D eigenvalue weighted by molar-refractivity contribution is 0.306. The van der Waals surface area contributed by atoms with E-state index in [1.807, 2.05) is 57.2 Å². The molecule has 0 bridgehead atoms. The lowest BCUT2D eigenvalue weighted by Crippen LogP contribution is -2.08. The summed E-state index contributed by atoms with van der Waals surface area (Å²) in [5.74, 6) is 2.03. The van der Waals surface area contributed by atoms with Crippen LogP contribution in [0, 0.1) is 20.8 Å². The van der Waals surface area contributed by atoms with Gasteiger partial charge in [0, 0.05) is 17.5 Å². The molecule has 0 aliphatic rings. The van der Waals surface area contributed by atoms with Crippen LogP contribution >= 0.6 is 0 Å². The van der Waals surface area contributed by atoms with Gasteiger partial charge in [-0.3, -0.25) is 5.43 Å². The molecular weight excluding hydrogens is 364 g/mol. The zero-order chi connectivity index (χ0) is 20.6. The number of hydrazone groups is 1. The lowest BCUT2D eigenvalue weighted by Gasteiger charge is -2.07. The van der Waals surface area contributed by atoms with Crippen LogP contribution in [0.25, 0.3) is 5.95 Å². The zero-order valence-electron chi connectivity index (χ0n) is 17.5. The predicted octanol–water partition coefficient (Wildman–Crippen LogP) is 4.60. The minimum absolute atomic E-state index is 0.526. The number of aromatic nitrogens is 4. The average molecular weight is 393 g/mol. The van der Waals surface area contributed by atoms with Gasteiger partial charge in [-0.1, -0.05) is 19.8 Å². The van der Waals surface area contributed by atoms with Crippen molar-refractivity contribution in [3.05, 3.63) is 59.0 Å². The molecule has 3 aromatic rings. The third-order valence-corrected chi connectivity index (χ3v) is 4.33. The highest BCUT2D eigenvalue weighted by Crippen LogP contribution is 2.14. The number of anilines is 1. The Morgan fingerprint density at radius 3 is 2.52 bits per heavy atom. The Balaban J connectivity index is 1.62. The molecule has 152 valence electrons. The zero-order valence-corrected chi connectivity index (χ0v) is 17.5. The van der Waals surface area contributed by atoms with Crippen LogP contribution in [0.2, 0.25) is 0 Å². The largest absolute Gasteiger partial charge is 0.494 e. The first kappa shape index (κ1) is 20.5. The van der Waals surface area contributed by atoms with Gasteiger partial charge in [-0.2, -0.15) is 15.2 Å². The molecule has 0 saturated heterocycles. The third-order valence-electron chi connectivity index (χ3n) is 4.33. The van der Waals surface area contributed by atoms with Gasteiger partial charge < -0.3 is 4.74 Å². The Kier molecular flexibility index (Phi) is 6.94. The molecule has 0 atom stereocenters. The smallest absolute Gasteiger partial charge is 0.253 e. The van der Waals surface area contributed by atoms with Crippen LogP contribution < -0.4 is 10.2 Å². The van der Waals surface area contributed by atoms with Crippen molar-refractivity contribution >= 4 is 12.0 Å². The lowest BCUT2D eigenvalue weighted by atomic mass is 10.2. The summed E-state index contributed by atoms with van der Waals surface area (Å²) in [6.45, 7) is 8.79. The first-order valence-corrected chi connectivity index (χ1v) is 9.96. The molecule has 2 aromatic heterocycles. The Hall–Kier alpha value is -3.22. The van der Waals surface area contributed by atoms with Crippen LogP contribution in [0.3, 0.4) is 0 Å². The molecule has 29 heavy (non-hydrogen) atoms. The number of hydrogen-bond acceptors (Lipinski definition) is 6. The van der Waals surface area contributed by atoms with E-state index in [0.717, 1.165) is 41.4 Å². The second-order valence-electron chi connectivity index (χ2n) is 7.03. The first-order valence-electron chi connectivity index (χ1n) is 9.96. The number of hydrogen-bond donors (Lipinski definition) is 1. The standard InChI is InChI=1S/C22H28N6O/c1-5-6-7-12-29-20-10-8-19(9-11-20)15-23-26-21-14-16(2)24-22(25-21)28-18(4)13-17(3)27-28/h8-11,13-15H,5-7,12H2,1-4H3,(H,24,25,26). The molecule has 2 heterocycles. The summed E-state index contributed by atoms with van der Waals surface area (Å²) in [5, 5.41) is 8.74. The number of benzene rings is 1. The van der Waals surface area contributed by atoms with Gasteiger partial charge in [0.25, 0.3) is 5.95 Å². The molecule has 0 spiro atoms. The second kappa shape index (κ2) is 9.82. The highest BCUT2D eigenvalue weighted by Gasteiger charge is 2.08. The van der Waals surface area contributed by atoms with Gasteiger partial charge >= 0.3 is 0 Å². The maximum Gasteiger partial charge on any atom is 0.253 e. The number of ether oxygens (including phenoxy) is 1. The summed E-state index contributed by atoms with van der Waals surface area (Å²) < 4.78 is 7.46. The number of nitrogens with one attached hydrogen (secondary N) is 1. The van der Waals surface area contributed by atoms with Crippen LogP contribution in [0.4, 0.5) is 5.82 Å². The fourth-order valence-corrected chi connectivity index (χ4v) is 2.90. The van der Waals surface area contributed by atoms with E-state index in [1.165, 1.54) is 12.8 Å².